The smallest absolute Gasteiger partial charge is 0.169 e. The lowest BCUT2D eigenvalue weighted by molar-refractivity contribution is 1.57. The van der Waals surface area contributed by atoms with Crippen LogP contribution in [0, 0.1) is 0 Å². The first-order valence-corrected chi connectivity index (χ1v) is 24.4. The molecule has 40 heavy (non-hydrogen) atoms. The third kappa shape index (κ3) is 4.81. The predicted molar refractivity (Wildman–Crippen MR) is 206 cm³/mol. The SMILES string of the molecule is CC1=C(C)SC(=C2SC3=C(S2)[P+]([S-])(c2ccccc2)C2=C(SC(=C4SC(C)=C(C)S4)S2)[P+]3([S-])c2ccccc2)S1. The van der Waals surface area contributed by atoms with Gasteiger partial charge in [-0.1, -0.05) is 83.4 Å². The van der Waals surface area contributed by atoms with Gasteiger partial charge in [-0.2, -0.15) is 0 Å². The first kappa shape index (κ1) is 29.9. The number of allylic oxidation sites excluding steroid dienone is 4. The van der Waals surface area contributed by atoms with Crippen LogP contribution in [0.3, 0.4) is 0 Å². The van der Waals surface area contributed by atoms with Crippen molar-refractivity contribution in [1.82, 2.24) is 0 Å². The third-order valence-electron chi connectivity index (χ3n) is 6.82. The van der Waals surface area contributed by atoms with Crippen molar-refractivity contribution in [3.8, 4) is 0 Å². The van der Waals surface area contributed by atoms with Gasteiger partial charge in [0.1, 0.15) is 0 Å². The molecule has 0 spiro atoms. The highest BCUT2D eigenvalue weighted by molar-refractivity contribution is 8.65. The largest absolute Gasteiger partial charge is 0.539 e. The molecule has 0 aromatic heterocycles. The summed E-state index contributed by atoms with van der Waals surface area (Å²) in [6.07, 6.45) is 0. The van der Waals surface area contributed by atoms with Crippen molar-refractivity contribution in [3.63, 3.8) is 0 Å². The number of rotatable bonds is 2. The molecule has 12 heteroatoms. The van der Waals surface area contributed by atoms with E-state index in [-0.39, 0.29) is 0 Å². The minimum Gasteiger partial charge on any atom is -0.539 e. The van der Waals surface area contributed by atoms with Crippen LogP contribution in [0.2, 0.25) is 0 Å². The van der Waals surface area contributed by atoms with Crippen LogP contribution in [-0.2, 0) is 24.5 Å². The zero-order valence-corrected chi connectivity index (χ0v) is 31.7. The normalized spacial score (nSPS) is 28.6. The molecule has 0 saturated heterocycles. The number of hydrogen-bond donors (Lipinski definition) is 0. The molecule has 7 rings (SSSR count). The fourth-order valence-electron chi connectivity index (χ4n) is 4.51. The second-order valence-corrected chi connectivity index (χ2v) is 29.1. The summed E-state index contributed by atoms with van der Waals surface area (Å²) in [6, 6.07) is 21.9. The Labute approximate surface area is 282 Å². The third-order valence-corrected chi connectivity index (χ3v) is 32.9. The second-order valence-electron chi connectivity index (χ2n) is 9.30. The Balaban J connectivity index is 1.44. The van der Waals surface area contributed by atoms with Crippen LogP contribution >= 0.6 is 107 Å². The van der Waals surface area contributed by atoms with E-state index >= 15 is 0 Å². The number of thioether (sulfide) groups is 8. The van der Waals surface area contributed by atoms with E-state index in [9.17, 15) is 0 Å². The van der Waals surface area contributed by atoms with Crippen LogP contribution in [0.15, 0.2) is 116 Å². The van der Waals surface area contributed by atoms with Crippen LogP contribution in [0.25, 0.3) is 0 Å². The van der Waals surface area contributed by atoms with E-state index in [1.165, 1.54) is 65.8 Å². The molecular formula is C28H22P2S10. The van der Waals surface area contributed by atoms with E-state index in [1.807, 2.05) is 94.1 Å². The molecule has 0 fully saturated rings. The minimum absolute atomic E-state index is 1.28. The van der Waals surface area contributed by atoms with Gasteiger partial charge in [0.2, 0.25) is 0 Å². The number of hydrogen-bond acceptors (Lipinski definition) is 10. The molecular weight excluding hydrogens is 719 g/mol. The Morgan fingerprint density at radius 3 is 0.925 bits per heavy atom. The summed E-state index contributed by atoms with van der Waals surface area (Å²) < 4.78 is 11.1. The lowest BCUT2D eigenvalue weighted by Crippen LogP contribution is -2.19. The van der Waals surface area contributed by atoms with Crippen LogP contribution in [0.1, 0.15) is 27.7 Å². The summed E-state index contributed by atoms with van der Waals surface area (Å²) in [5.41, 5.74) is 0. The lowest BCUT2D eigenvalue weighted by Gasteiger charge is -2.42. The van der Waals surface area contributed by atoms with Gasteiger partial charge in [0, 0.05) is 12.9 Å². The Bertz CT molecular complexity index is 1460. The van der Waals surface area contributed by atoms with Gasteiger partial charge in [0.05, 0.1) is 27.6 Å². The highest BCUT2D eigenvalue weighted by atomic mass is 32.7. The van der Waals surface area contributed by atoms with Crippen molar-refractivity contribution in [3.05, 3.63) is 116 Å². The number of benzene rings is 2. The molecule has 5 aliphatic heterocycles. The van der Waals surface area contributed by atoms with Crippen molar-refractivity contribution in [2.24, 2.45) is 0 Å². The second kappa shape index (κ2) is 11.6. The highest BCUT2D eigenvalue weighted by Crippen LogP contribution is 2.96. The maximum atomic E-state index is 7.00. The molecule has 0 aliphatic carbocycles. The van der Waals surface area contributed by atoms with Gasteiger partial charge in [-0.3, -0.25) is 0 Å². The van der Waals surface area contributed by atoms with Crippen LogP contribution < -0.4 is 10.6 Å². The molecule has 0 radical (unpaired) electrons. The van der Waals surface area contributed by atoms with E-state index in [0.29, 0.717) is 0 Å². The first-order valence-electron chi connectivity index (χ1n) is 12.3. The molecule has 0 N–H and O–H groups in total. The van der Waals surface area contributed by atoms with Gasteiger partial charge in [-0.15, -0.1) is 0 Å². The van der Waals surface area contributed by atoms with Gasteiger partial charge >= 0.3 is 0 Å². The minimum atomic E-state index is -2.28. The van der Waals surface area contributed by atoms with E-state index < -0.39 is 12.9 Å². The fraction of sp³-hybridized carbons (Fsp3) is 0.143. The summed E-state index contributed by atoms with van der Waals surface area (Å²) in [5, 5.41) is 2.57. The zero-order chi connectivity index (χ0) is 27.8. The quantitative estimate of drug-likeness (QED) is 0.215. The van der Waals surface area contributed by atoms with Crippen molar-refractivity contribution in [1.29, 1.82) is 0 Å². The molecule has 5 heterocycles. The Hall–Kier alpha value is 1.24. The van der Waals surface area contributed by atoms with Crippen LogP contribution in [0.4, 0.5) is 0 Å². The molecule has 0 atom stereocenters. The Morgan fingerprint density at radius 2 is 0.650 bits per heavy atom. The molecule has 2 aromatic rings. The molecule has 0 bridgehead atoms. The summed E-state index contributed by atoms with van der Waals surface area (Å²) in [7, 11) is 0. The average molecular weight is 741 g/mol. The summed E-state index contributed by atoms with van der Waals surface area (Å²) in [4.78, 5) is 5.60. The van der Waals surface area contributed by atoms with Crippen LogP contribution in [0.5, 0.6) is 0 Å². The summed E-state index contributed by atoms with van der Waals surface area (Å²) in [5.74, 6) is 0. The van der Waals surface area contributed by atoms with Gasteiger partial charge in [-0.25, -0.2) is 0 Å². The molecule has 2 aromatic carbocycles. The summed E-state index contributed by atoms with van der Waals surface area (Å²) in [6.45, 7) is 4.36. The molecule has 0 unspecified atom stereocenters. The highest BCUT2D eigenvalue weighted by Gasteiger charge is 2.62. The van der Waals surface area contributed by atoms with E-state index in [0.717, 1.165) is 0 Å². The zero-order valence-electron chi connectivity index (χ0n) is 21.8. The Morgan fingerprint density at radius 1 is 0.400 bits per heavy atom. The topological polar surface area (TPSA) is 0 Å². The fourth-order valence-corrected chi connectivity index (χ4v) is 32.9. The van der Waals surface area contributed by atoms with Crippen LogP contribution in [-0.4, -0.2) is 0 Å². The van der Waals surface area contributed by atoms with Crippen molar-refractivity contribution in [2.45, 2.75) is 27.7 Å². The maximum absolute atomic E-state index is 7.00. The standard InChI is InChI=1S/C28H22P2S10/c1-15-16(2)34-25(33-15)27-37-21-22(38-27)30(32,20-13-9-6-10-14-20)24-23(29(21,31)19-11-7-5-8-12-19)39-28(40-24)26-35-17(3)18(4)36-26/h5-14H,1-4H3. The van der Waals surface area contributed by atoms with Gasteiger partial charge < -0.3 is 24.5 Å². The summed E-state index contributed by atoms with van der Waals surface area (Å²) >= 11 is 29.5. The molecule has 5 aliphatic rings. The van der Waals surface area contributed by atoms with Gasteiger partial charge in [0.25, 0.3) is 0 Å². The van der Waals surface area contributed by atoms with Crippen molar-refractivity contribution in [2.75, 3.05) is 0 Å². The first-order chi connectivity index (χ1) is 19.2. The van der Waals surface area contributed by atoms with Crippen molar-refractivity contribution < 1.29 is 0 Å². The monoisotopic (exact) mass is 740 g/mol. The molecule has 0 amide bonds. The molecule has 0 nitrogen and oxygen atoms in total. The van der Waals surface area contributed by atoms with E-state index in [1.54, 1.807) is 0 Å². The van der Waals surface area contributed by atoms with Crippen molar-refractivity contribution >= 4 is 142 Å². The van der Waals surface area contributed by atoms with Gasteiger partial charge in [-0.05, 0) is 119 Å². The maximum Gasteiger partial charge on any atom is 0.169 e. The van der Waals surface area contributed by atoms with Gasteiger partial charge in [0.15, 0.2) is 18.6 Å². The van der Waals surface area contributed by atoms with E-state index in [4.69, 9.17) is 24.5 Å². The lowest BCUT2D eigenvalue weighted by atomic mass is 10.4. The molecule has 0 saturated carbocycles. The van der Waals surface area contributed by atoms with E-state index in [2.05, 4.69) is 88.4 Å². The average Bonchev–Trinajstić information content (AvgIpc) is 3.75. The predicted octanol–water partition coefficient (Wildman–Crippen LogP) is 12.5. The molecule has 204 valence electrons. The Kier molecular flexibility index (Phi) is 8.64.